The molecule has 2 heterocycles. The number of pyridine rings is 1. The molecular formula is C16H15BrN6OS. The standard InChI is InChI=1S/C16H15BrN6OS/c1-2-19-16(25)21-14-11(7-18)13-12(8-20-14)15(24)23(22-13)10-5-3-9(17)4-6-10/h3-8,18,22H,2H2,1H3,(H2,19,20,21,25). The van der Waals surface area contributed by atoms with Gasteiger partial charge in [-0.2, -0.15) is 0 Å². The first kappa shape index (κ1) is 17.3. The molecule has 0 atom stereocenters. The third-order valence-electron chi connectivity index (χ3n) is 3.57. The van der Waals surface area contributed by atoms with E-state index in [2.05, 4.69) is 36.6 Å². The highest BCUT2D eigenvalue weighted by Gasteiger charge is 2.15. The fraction of sp³-hybridized carbons (Fsp3) is 0.125. The van der Waals surface area contributed by atoms with Gasteiger partial charge in [0.2, 0.25) is 0 Å². The van der Waals surface area contributed by atoms with E-state index in [4.69, 9.17) is 17.6 Å². The van der Waals surface area contributed by atoms with Crippen LogP contribution in [0.15, 0.2) is 39.7 Å². The van der Waals surface area contributed by atoms with Crippen LogP contribution in [0, 0.1) is 5.41 Å². The lowest BCUT2D eigenvalue weighted by atomic mass is 10.2. The van der Waals surface area contributed by atoms with E-state index in [0.717, 1.165) is 10.7 Å². The van der Waals surface area contributed by atoms with E-state index in [0.29, 0.717) is 39.6 Å². The van der Waals surface area contributed by atoms with E-state index in [-0.39, 0.29) is 5.56 Å². The van der Waals surface area contributed by atoms with Crippen LogP contribution in [0.5, 0.6) is 0 Å². The number of halogens is 1. The van der Waals surface area contributed by atoms with Crippen LogP contribution < -0.4 is 16.2 Å². The lowest BCUT2D eigenvalue weighted by molar-refractivity contribution is 0.863. The second-order valence-corrected chi connectivity index (χ2v) is 6.49. The number of benzene rings is 1. The molecule has 9 heteroatoms. The van der Waals surface area contributed by atoms with Crippen LogP contribution in [0.4, 0.5) is 5.82 Å². The van der Waals surface area contributed by atoms with Gasteiger partial charge in [-0.25, -0.2) is 9.67 Å². The van der Waals surface area contributed by atoms with Crippen molar-refractivity contribution in [2.24, 2.45) is 0 Å². The molecule has 0 saturated heterocycles. The molecule has 0 spiro atoms. The van der Waals surface area contributed by atoms with Crippen LogP contribution in [0.3, 0.4) is 0 Å². The van der Waals surface area contributed by atoms with Crippen molar-refractivity contribution in [1.29, 1.82) is 5.41 Å². The highest BCUT2D eigenvalue weighted by atomic mass is 79.9. The lowest BCUT2D eigenvalue weighted by Crippen LogP contribution is -2.28. The minimum Gasteiger partial charge on any atom is -0.363 e. The van der Waals surface area contributed by atoms with Crippen LogP contribution in [0.2, 0.25) is 0 Å². The maximum absolute atomic E-state index is 12.7. The van der Waals surface area contributed by atoms with Crippen molar-refractivity contribution in [3.8, 4) is 5.69 Å². The second-order valence-electron chi connectivity index (χ2n) is 5.17. The molecule has 25 heavy (non-hydrogen) atoms. The van der Waals surface area contributed by atoms with Crippen molar-refractivity contribution in [3.63, 3.8) is 0 Å². The summed E-state index contributed by atoms with van der Waals surface area (Å²) in [6, 6.07) is 7.34. The molecule has 0 bridgehead atoms. The van der Waals surface area contributed by atoms with E-state index >= 15 is 0 Å². The Balaban J connectivity index is 2.14. The zero-order chi connectivity index (χ0) is 18.0. The Morgan fingerprint density at radius 3 is 2.80 bits per heavy atom. The summed E-state index contributed by atoms with van der Waals surface area (Å²) >= 11 is 8.54. The van der Waals surface area contributed by atoms with Crippen molar-refractivity contribution in [1.82, 2.24) is 20.1 Å². The van der Waals surface area contributed by atoms with E-state index in [1.165, 1.54) is 10.9 Å². The van der Waals surface area contributed by atoms with Crippen LogP contribution in [-0.2, 0) is 0 Å². The van der Waals surface area contributed by atoms with Gasteiger partial charge in [0.05, 0.1) is 22.2 Å². The zero-order valence-electron chi connectivity index (χ0n) is 13.3. The van der Waals surface area contributed by atoms with Gasteiger partial charge in [-0.1, -0.05) is 15.9 Å². The van der Waals surface area contributed by atoms with Gasteiger partial charge in [-0.15, -0.1) is 0 Å². The maximum Gasteiger partial charge on any atom is 0.280 e. The minimum atomic E-state index is -0.228. The van der Waals surface area contributed by atoms with Gasteiger partial charge in [-0.05, 0) is 43.4 Å². The summed E-state index contributed by atoms with van der Waals surface area (Å²) in [4.78, 5) is 16.9. The van der Waals surface area contributed by atoms with E-state index in [9.17, 15) is 4.79 Å². The number of hydrogen-bond donors (Lipinski definition) is 4. The number of fused-ring (bicyclic) bond motifs is 1. The number of H-pyrrole nitrogens is 1. The fourth-order valence-corrected chi connectivity index (χ4v) is 2.92. The fourth-order valence-electron chi connectivity index (χ4n) is 2.42. The van der Waals surface area contributed by atoms with Gasteiger partial charge in [-0.3, -0.25) is 9.89 Å². The molecule has 0 aliphatic heterocycles. The molecule has 0 aliphatic rings. The number of nitrogens with zero attached hydrogens (tertiary/aromatic N) is 2. The Morgan fingerprint density at radius 2 is 2.16 bits per heavy atom. The van der Waals surface area contributed by atoms with Crippen LogP contribution in [0.25, 0.3) is 16.6 Å². The van der Waals surface area contributed by atoms with Gasteiger partial charge in [0.25, 0.3) is 5.56 Å². The number of hydrogen-bond acceptors (Lipinski definition) is 4. The molecule has 7 nitrogen and oxygen atoms in total. The van der Waals surface area contributed by atoms with E-state index in [1.807, 2.05) is 31.2 Å². The molecule has 0 amide bonds. The highest BCUT2D eigenvalue weighted by Crippen LogP contribution is 2.20. The predicted octanol–water partition coefficient (Wildman–Crippen LogP) is 2.78. The first-order valence-corrected chi connectivity index (χ1v) is 8.70. The van der Waals surface area contributed by atoms with Crippen LogP contribution in [-0.4, -0.2) is 32.6 Å². The molecule has 0 saturated carbocycles. The largest absolute Gasteiger partial charge is 0.363 e. The summed E-state index contributed by atoms with van der Waals surface area (Å²) in [5.74, 6) is 0.414. The summed E-state index contributed by atoms with van der Waals surface area (Å²) in [6.45, 7) is 2.60. The number of rotatable bonds is 4. The Kier molecular flexibility index (Phi) is 4.95. The quantitative estimate of drug-likeness (QED) is 0.385. The summed E-state index contributed by atoms with van der Waals surface area (Å²) in [5, 5.41) is 17.5. The number of thiocarbonyl (C=S) groups is 1. The third kappa shape index (κ3) is 3.33. The van der Waals surface area contributed by atoms with Crippen molar-refractivity contribution < 1.29 is 0 Å². The molecular weight excluding hydrogens is 404 g/mol. The first-order chi connectivity index (χ1) is 12.0. The molecule has 0 fully saturated rings. The molecule has 0 unspecified atom stereocenters. The molecule has 0 radical (unpaired) electrons. The van der Waals surface area contributed by atoms with Gasteiger partial charge in [0, 0.05) is 23.4 Å². The summed E-state index contributed by atoms with van der Waals surface area (Å²) < 4.78 is 2.35. The number of aromatic amines is 1. The van der Waals surface area contributed by atoms with Gasteiger partial charge in [0.1, 0.15) is 5.82 Å². The van der Waals surface area contributed by atoms with Gasteiger partial charge >= 0.3 is 0 Å². The zero-order valence-corrected chi connectivity index (χ0v) is 15.7. The Hall–Kier alpha value is -2.52. The highest BCUT2D eigenvalue weighted by molar-refractivity contribution is 9.10. The smallest absolute Gasteiger partial charge is 0.280 e. The lowest BCUT2D eigenvalue weighted by Gasteiger charge is -2.10. The Labute approximate surface area is 157 Å². The van der Waals surface area contributed by atoms with Crippen LogP contribution >= 0.6 is 28.1 Å². The Bertz CT molecular complexity index is 1010. The molecule has 4 N–H and O–H groups in total. The van der Waals surface area contributed by atoms with E-state index < -0.39 is 0 Å². The van der Waals surface area contributed by atoms with Gasteiger partial charge in [0.15, 0.2) is 5.11 Å². The molecule has 128 valence electrons. The number of nitrogens with one attached hydrogen (secondary N) is 4. The normalized spacial score (nSPS) is 10.6. The maximum atomic E-state index is 12.7. The average Bonchev–Trinajstić information content (AvgIpc) is 2.92. The molecule has 0 aliphatic carbocycles. The third-order valence-corrected chi connectivity index (χ3v) is 4.35. The van der Waals surface area contributed by atoms with E-state index in [1.54, 1.807) is 0 Å². The SMILES string of the molecule is CCNC(=S)Nc1ncc2c(=O)n(-c3ccc(Br)cc3)[nH]c2c1C=N. The topological polar surface area (TPSA) is 98.6 Å². The second kappa shape index (κ2) is 7.16. The summed E-state index contributed by atoms with van der Waals surface area (Å²) in [6.07, 6.45) is 2.63. The van der Waals surface area contributed by atoms with Crippen molar-refractivity contribution in [2.45, 2.75) is 6.92 Å². The number of aromatic nitrogens is 3. The van der Waals surface area contributed by atoms with Crippen molar-refractivity contribution >= 4 is 56.2 Å². The van der Waals surface area contributed by atoms with Gasteiger partial charge < -0.3 is 16.0 Å². The van der Waals surface area contributed by atoms with Crippen molar-refractivity contribution in [2.75, 3.05) is 11.9 Å². The minimum absolute atomic E-state index is 0.228. The summed E-state index contributed by atoms with van der Waals surface area (Å²) in [5.41, 5.74) is 1.46. The summed E-state index contributed by atoms with van der Waals surface area (Å²) in [7, 11) is 0. The Morgan fingerprint density at radius 1 is 1.44 bits per heavy atom. The number of anilines is 1. The van der Waals surface area contributed by atoms with Crippen molar-refractivity contribution in [3.05, 3.63) is 50.9 Å². The average molecular weight is 419 g/mol. The predicted molar refractivity (Wildman–Crippen MR) is 107 cm³/mol. The molecule has 3 rings (SSSR count). The van der Waals surface area contributed by atoms with Crippen LogP contribution in [0.1, 0.15) is 12.5 Å². The molecule has 1 aromatic carbocycles. The monoisotopic (exact) mass is 418 g/mol. The molecule has 3 aromatic rings. The first-order valence-electron chi connectivity index (χ1n) is 7.50. The molecule has 2 aromatic heterocycles.